The fourth-order valence-electron chi connectivity index (χ4n) is 0.904. The van der Waals surface area contributed by atoms with Crippen molar-refractivity contribution in [3.05, 3.63) is 35.4 Å². The van der Waals surface area contributed by atoms with Crippen LogP contribution < -0.4 is 0 Å². The summed E-state index contributed by atoms with van der Waals surface area (Å²) in [4.78, 5) is 0. The number of hydrogen-bond donors (Lipinski definition) is 0. The van der Waals surface area contributed by atoms with E-state index in [1.54, 1.807) is 0 Å². The zero-order valence-electron chi connectivity index (χ0n) is 9.13. The van der Waals surface area contributed by atoms with E-state index in [1.165, 1.54) is 11.1 Å². The predicted octanol–water partition coefficient (Wildman–Crippen LogP) is 4.19. The summed E-state index contributed by atoms with van der Waals surface area (Å²) in [6, 6.07) is 8.42. The van der Waals surface area contributed by atoms with Crippen molar-refractivity contribution in [1.82, 2.24) is 0 Å². The second-order valence-corrected chi connectivity index (χ2v) is 2.62. The van der Waals surface area contributed by atoms with Gasteiger partial charge < -0.3 is 4.74 Å². The monoisotopic (exact) mass is 196 g/mol. The molecule has 82 valence electrons. The van der Waals surface area contributed by atoms with Crippen LogP contribution in [-0.4, -0.2) is 6.61 Å². The zero-order chi connectivity index (χ0) is 10.1. The Labute approximate surface area is 89.1 Å². The summed E-state index contributed by atoms with van der Waals surface area (Å²) in [5.74, 6) is 0. The molecule has 0 aliphatic carbocycles. The predicted molar refractivity (Wildman–Crippen MR) is 64.6 cm³/mol. The summed E-state index contributed by atoms with van der Waals surface area (Å²) in [5.41, 5.74) is 2.54. The van der Waals surface area contributed by atoms with Crippen LogP contribution in [0.15, 0.2) is 24.3 Å². The number of ether oxygens (including phenoxy) is 1. The highest BCUT2D eigenvalue weighted by Gasteiger charge is 1.89. The molecule has 0 spiro atoms. The summed E-state index contributed by atoms with van der Waals surface area (Å²) in [7, 11) is 0. The third-order valence-electron chi connectivity index (χ3n) is 1.59. The van der Waals surface area contributed by atoms with Crippen LogP contribution in [0, 0.1) is 6.92 Å². The first-order valence-electron chi connectivity index (χ1n) is 4.96. The third kappa shape index (κ3) is 6.67. The van der Waals surface area contributed by atoms with Gasteiger partial charge in [0, 0.05) is 6.61 Å². The quantitative estimate of drug-likeness (QED) is 0.704. The number of rotatable bonds is 3. The number of hydrogen-bond acceptors (Lipinski definition) is 1. The normalized spacial score (nSPS) is 8.29. The molecular weight excluding hydrogens is 172 g/mol. The first kappa shape index (κ1) is 15.6. The SMILES string of the molecule is C.CC.CCOCc1ccc(C)cc1. The fourth-order valence-corrected chi connectivity index (χ4v) is 0.904. The van der Waals surface area contributed by atoms with E-state index in [4.69, 9.17) is 4.74 Å². The van der Waals surface area contributed by atoms with Gasteiger partial charge in [0.05, 0.1) is 6.61 Å². The Hall–Kier alpha value is -0.820. The van der Waals surface area contributed by atoms with Crippen LogP contribution in [0.3, 0.4) is 0 Å². The Morgan fingerprint density at radius 3 is 2.00 bits per heavy atom. The van der Waals surface area contributed by atoms with Crippen molar-refractivity contribution in [2.24, 2.45) is 0 Å². The van der Waals surface area contributed by atoms with E-state index in [1.807, 2.05) is 20.8 Å². The minimum Gasteiger partial charge on any atom is -0.377 e. The molecule has 0 saturated carbocycles. The molecule has 0 fully saturated rings. The molecule has 0 unspecified atom stereocenters. The lowest BCUT2D eigenvalue weighted by molar-refractivity contribution is 0.134. The zero-order valence-corrected chi connectivity index (χ0v) is 9.13. The molecule has 0 radical (unpaired) electrons. The molecule has 0 amide bonds. The molecule has 0 aromatic heterocycles. The second-order valence-electron chi connectivity index (χ2n) is 2.62. The number of aryl methyl sites for hydroxylation is 1. The molecule has 0 aliphatic rings. The Balaban J connectivity index is 0. The molecule has 0 N–H and O–H groups in total. The summed E-state index contributed by atoms with van der Waals surface area (Å²) < 4.78 is 5.26. The van der Waals surface area contributed by atoms with Crippen molar-refractivity contribution in [2.45, 2.75) is 41.7 Å². The van der Waals surface area contributed by atoms with Gasteiger partial charge in [-0.05, 0) is 19.4 Å². The van der Waals surface area contributed by atoms with Crippen molar-refractivity contribution >= 4 is 0 Å². The lowest BCUT2D eigenvalue weighted by Crippen LogP contribution is -1.90. The molecule has 0 heterocycles. The second kappa shape index (κ2) is 10.3. The summed E-state index contributed by atoms with van der Waals surface area (Å²) in [5, 5.41) is 0. The molecule has 1 rings (SSSR count). The highest BCUT2D eigenvalue weighted by atomic mass is 16.5. The molecule has 1 heteroatoms. The molecule has 1 aromatic carbocycles. The maximum Gasteiger partial charge on any atom is 0.0716 e. The van der Waals surface area contributed by atoms with Crippen molar-refractivity contribution < 1.29 is 4.74 Å². The van der Waals surface area contributed by atoms with E-state index in [0.717, 1.165) is 13.2 Å². The Morgan fingerprint density at radius 1 is 1.07 bits per heavy atom. The van der Waals surface area contributed by atoms with E-state index in [9.17, 15) is 0 Å². The van der Waals surface area contributed by atoms with E-state index in [0.29, 0.717) is 0 Å². The van der Waals surface area contributed by atoms with E-state index >= 15 is 0 Å². The average molecular weight is 196 g/mol. The van der Waals surface area contributed by atoms with E-state index in [2.05, 4.69) is 31.2 Å². The Bertz CT molecular complexity index is 201. The van der Waals surface area contributed by atoms with Crippen molar-refractivity contribution in [2.75, 3.05) is 6.61 Å². The van der Waals surface area contributed by atoms with Gasteiger partial charge in [0.25, 0.3) is 0 Å². The first-order valence-corrected chi connectivity index (χ1v) is 4.96. The average Bonchev–Trinajstić information content (AvgIpc) is 2.20. The van der Waals surface area contributed by atoms with Crippen molar-refractivity contribution in [1.29, 1.82) is 0 Å². The van der Waals surface area contributed by atoms with Gasteiger partial charge in [0.15, 0.2) is 0 Å². The van der Waals surface area contributed by atoms with Gasteiger partial charge >= 0.3 is 0 Å². The van der Waals surface area contributed by atoms with Crippen molar-refractivity contribution in [3.8, 4) is 0 Å². The number of benzene rings is 1. The standard InChI is InChI=1S/C10H14O.C2H6.CH4/c1-3-11-8-10-6-4-9(2)5-7-10;1-2;/h4-7H,3,8H2,1-2H3;1-2H3;1H4. The summed E-state index contributed by atoms with van der Waals surface area (Å²) >= 11 is 0. The van der Waals surface area contributed by atoms with Crippen LogP contribution >= 0.6 is 0 Å². The lowest BCUT2D eigenvalue weighted by Gasteiger charge is -2.00. The molecule has 1 nitrogen and oxygen atoms in total. The Kier molecular flexibility index (Phi) is 11.5. The van der Waals surface area contributed by atoms with E-state index < -0.39 is 0 Å². The maximum atomic E-state index is 5.26. The van der Waals surface area contributed by atoms with Crippen LogP contribution in [0.5, 0.6) is 0 Å². The summed E-state index contributed by atoms with van der Waals surface area (Å²) in [6.07, 6.45) is 0. The van der Waals surface area contributed by atoms with Crippen LogP contribution in [0.2, 0.25) is 0 Å². The topological polar surface area (TPSA) is 9.23 Å². The smallest absolute Gasteiger partial charge is 0.0716 e. The molecule has 0 aliphatic heterocycles. The van der Waals surface area contributed by atoms with E-state index in [-0.39, 0.29) is 7.43 Å². The van der Waals surface area contributed by atoms with Crippen LogP contribution in [0.25, 0.3) is 0 Å². The molecule has 1 aromatic rings. The highest BCUT2D eigenvalue weighted by Crippen LogP contribution is 2.03. The van der Waals surface area contributed by atoms with Crippen LogP contribution in [-0.2, 0) is 11.3 Å². The largest absolute Gasteiger partial charge is 0.377 e. The molecule has 0 bridgehead atoms. The first-order chi connectivity index (χ1) is 6.33. The minimum atomic E-state index is 0. The van der Waals surface area contributed by atoms with Gasteiger partial charge in [-0.25, -0.2) is 0 Å². The van der Waals surface area contributed by atoms with Gasteiger partial charge in [-0.15, -0.1) is 0 Å². The van der Waals surface area contributed by atoms with Gasteiger partial charge in [0.2, 0.25) is 0 Å². The van der Waals surface area contributed by atoms with Crippen LogP contribution in [0.4, 0.5) is 0 Å². The minimum absolute atomic E-state index is 0. The lowest BCUT2D eigenvalue weighted by atomic mass is 10.2. The molecular formula is C13H24O. The van der Waals surface area contributed by atoms with Gasteiger partial charge in [-0.3, -0.25) is 0 Å². The van der Waals surface area contributed by atoms with Gasteiger partial charge in [-0.1, -0.05) is 51.1 Å². The maximum absolute atomic E-state index is 5.26. The fraction of sp³-hybridized carbons (Fsp3) is 0.538. The third-order valence-corrected chi connectivity index (χ3v) is 1.59. The van der Waals surface area contributed by atoms with Crippen molar-refractivity contribution in [3.63, 3.8) is 0 Å². The summed E-state index contributed by atoms with van der Waals surface area (Å²) in [6.45, 7) is 9.61. The molecule has 0 saturated heterocycles. The highest BCUT2D eigenvalue weighted by molar-refractivity contribution is 5.20. The van der Waals surface area contributed by atoms with Crippen LogP contribution in [0.1, 0.15) is 39.3 Å². The van der Waals surface area contributed by atoms with Gasteiger partial charge in [-0.2, -0.15) is 0 Å². The molecule has 14 heavy (non-hydrogen) atoms. The van der Waals surface area contributed by atoms with Gasteiger partial charge in [0.1, 0.15) is 0 Å². The Morgan fingerprint density at radius 2 is 1.57 bits per heavy atom. The molecule has 0 atom stereocenters.